The van der Waals surface area contributed by atoms with Crippen molar-refractivity contribution in [3.63, 3.8) is 0 Å². The Morgan fingerprint density at radius 3 is 0.716 bits per heavy atom. The van der Waals surface area contributed by atoms with Crippen molar-refractivity contribution in [2.75, 3.05) is 10.6 Å². The topological polar surface area (TPSA) is 24.1 Å². The van der Waals surface area contributed by atoms with Gasteiger partial charge in [0.05, 0.1) is 0 Å². The van der Waals surface area contributed by atoms with Crippen LogP contribution in [-0.4, -0.2) is 0 Å². The fraction of sp³-hybridized carbons (Fsp3) is 0.548. The Morgan fingerprint density at radius 1 is 0.200 bits per heavy atom. The molecule has 0 bridgehead atoms. The maximum atomic E-state index is 3.92. The maximum absolute atomic E-state index is 3.92. The molecule has 0 aromatic heterocycles. The molecule has 2 N–H and O–H groups in total. The predicted molar refractivity (Wildman–Crippen MR) is 418 cm³/mol. The summed E-state index contributed by atoms with van der Waals surface area (Å²) in [6.45, 7) is 14.2. The number of hydrogen-bond acceptors (Lipinski definition) is 2. The molecule has 0 fully saturated rings. The zero-order valence-corrected chi connectivity index (χ0v) is 61.1. The van der Waals surface area contributed by atoms with Gasteiger partial charge >= 0.3 is 0 Å². The Bertz CT molecular complexity index is 3350. The Labute approximate surface area is 580 Å². The van der Waals surface area contributed by atoms with E-state index in [4.69, 9.17) is 0 Å². The number of hydrogen-bond donors (Lipinski definition) is 2. The van der Waals surface area contributed by atoms with Crippen molar-refractivity contribution in [1.29, 1.82) is 0 Å². The van der Waals surface area contributed by atoms with E-state index in [0.717, 1.165) is 5.69 Å². The predicted octanol–water partition coefficient (Wildman–Crippen LogP) is 30.1. The Balaban J connectivity index is 1.12. The van der Waals surface area contributed by atoms with Gasteiger partial charge in [0.25, 0.3) is 0 Å². The molecular formula is C93H128N2. The third-order valence-corrected chi connectivity index (χ3v) is 23.4. The molecular weight excluding hydrogens is 1150 g/mol. The molecule has 7 aromatic rings. The third-order valence-electron chi connectivity index (χ3n) is 23.4. The lowest BCUT2D eigenvalue weighted by Gasteiger charge is -2.35. The molecule has 7 aromatic carbocycles. The smallest absolute Gasteiger partial charge is 0.0387 e. The van der Waals surface area contributed by atoms with Gasteiger partial charge in [0.15, 0.2) is 0 Å². The quantitative estimate of drug-likeness (QED) is 0.0372. The number of rotatable bonds is 47. The van der Waals surface area contributed by atoms with E-state index in [1.807, 2.05) is 0 Å². The molecule has 0 radical (unpaired) electrons. The number of benzene rings is 7. The van der Waals surface area contributed by atoms with Gasteiger partial charge in [0.1, 0.15) is 0 Å². The van der Waals surface area contributed by atoms with Crippen LogP contribution in [0, 0.1) is 0 Å². The molecule has 0 atom stereocenters. The van der Waals surface area contributed by atoms with E-state index < -0.39 is 0 Å². The molecule has 95 heavy (non-hydrogen) atoms. The second kappa shape index (κ2) is 37.2. The van der Waals surface area contributed by atoms with E-state index in [2.05, 4.69) is 198 Å². The molecule has 0 saturated heterocycles. The normalized spacial score (nSPS) is 14.1. The second-order valence-corrected chi connectivity index (χ2v) is 30.3. The molecule has 510 valence electrons. The lowest BCUT2D eigenvalue weighted by atomic mass is 9.68. The lowest BCUT2D eigenvalue weighted by molar-refractivity contribution is 0.394. The van der Waals surface area contributed by atoms with Gasteiger partial charge in [-0.15, -0.1) is 0 Å². The molecule has 2 heteroatoms. The molecule has 0 saturated carbocycles. The second-order valence-electron chi connectivity index (χ2n) is 30.3. The average Bonchev–Trinajstić information content (AvgIpc) is 1.54. The van der Waals surface area contributed by atoms with Crippen LogP contribution in [0.25, 0.3) is 44.5 Å². The van der Waals surface area contributed by atoms with Crippen molar-refractivity contribution < 1.29 is 0 Å². The highest BCUT2D eigenvalue weighted by Crippen LogP contribution is 2.62. The first-order valence-electron chi connectivity index (χ1n) is 40.3. The molecule has 0 spiro atoms. The highest BCUT2D eigenvalue weighted by molar-refractivity contribution is 5.93. The van der Waals surface area contributed by atoms with E-state index in [1.165, 1.54) is 320 Å². The summed E-state index contributed by atoms with van der Waals surface area (Å²) >= 11 is 0. The van der Waals surface area contributed by atoms with Crippen LogP contribution in [0.15, 0.2) is 146 Å². The molecule has 3 aliphatic rings. The minimum Gasteiger partial charge on any atom is -0.356 e. The van der Waals surface area contributed by atoms with E-state index in [0.29, 0.717) is 0 Å². The summed E-state index contributed by atoms with van der Waals surface area (Å²) in [4.78, 5) is 0. The van der Waals surface area contributed by atoms with Gasteiger partial charge in [-0.1, -0.05) is 345 Å². The van der Waals surface area contributed by atoms with Gasteiger partial charge in [-0.2, -0.15) is 0 Å². The molecule has 3 aliphatic carbocycles. The van der Waals surface area contributed by atoms with E-state index in [-0.39, 0.29) is 16.2 Å². The summed E-state index contributed by atoms with van der Waals surface area (Å²) in [7, 11) is 0. The first kappa shape index (κ1) is 71.9. The van der Waals surface area contributed by atoms with Crippen molar-refractivity contribution in [2.45, 2.75) is 327 Å². The van der Waals surface area contributed by atoms with Crippen LogP contribution in [0.5, 0.6) is 0 Å². The molecule has 0 aliphatic heterocycles. The fourth-order valence-corrected chi connectivity index (χ4v) is 18.1. The molecule has 0 unspecified atom stereocenters. The van der Waals surface area contributed by atoms with Crippen LogP contribution in [0.4, 0.5) is 22.7 Å². The van der Waals surface area contributed by atoms with E-state index in [1.54, 1.807) is 44.5 Å². The van der Waals surface area contributed by atoms with Crippen LogP contribution in [0.2, 0.25) is 0 Å². The minimum absolute atomic E-state index is 0.0363. The monoisotopic (exact) mass is 1270 g/mol. The van der Waals surface area contributed by atoms with Gasteiger partial charge in [-0.25, -0.2) is 0 Å². The van der Waals surface area contributed by atoms with Crippen LogP contribution >= 0.6 is 0 Å². The van der Waals surface area contributed by atoms with Gasteiger partial charge in [-0.3, -0.25) is 0 Å². The number of unbranched alkanes of at least 4 members (excludes halogenated alkanes) is 30. The zero-order valence-electron chi connectivity index (χ0n) is 61.1. The van der Waals surface area contributed by atoms with Crippen molar-refractivity contribution >= 4 is 22.7 Å². The SMILES string of the molecule is CCCCCCCCC1(CCCCCCCC)c2cc(Nc3ccccc3)ccc2-c2ccc(-c3ccc4c(c3)C(CCCCCCCC)(CCCCCCCC)c3cc5c(cc3-4)C(CCCCCCCC)(CCCCCCCC)c3cc(Nc4ccccc4)ccc3-5)cc21. The van der Waals surface area contributed by atoms with Crippen molar-refractivity contribution in [3.8, 4) is 44.5 Å². The van der Waals surface area contributed by atoms with Crippen molar-refractivity contribution in [1.82, 2.24) is 0 Å². The Hall–Kier alpha value is -5.86. The van der Waals surface area contributed by atoms with Crippen molar-refractivity contribution in [2.24, 2.45) is 0 Å². The maximum Gasteiger partial charge on any atom is 0.0387 e. The van der Waals surface area contributed by atoms with Crippen LogP contribution in [0.3, 0.4) is 0 Å². The summed E-state index contributed by atoms with van der Waals surface area (Å²) in [5.74, 6) is 0. The van der Waals surface area contributed by atoms with Crippen molar-refractivity contribution in [3.05, 3.63) is 179 Å². The zero-order chi connectivity index (χ0) is 66.0. The van der Waals surface area contributed by atoms with E-state index >= 15 is 0 Å². The van der Waals surface area contributed by atoms with Crippen LogP contribution < -0.4 is 10.6 Å². The molecule has 2 nitrogen and oxygen atoms in total. The summed E-state index contributed by atoms with van der Waals surface area (Å²) in [5, 5.41) is 7.79. The van der Waals surface area contributed by atoms with Crippen LogP contribution in [-0.2, 0) is 16.2 Å². The van der Waals surface area contributed by atoms with Gasteiger partial charge in [0.2, 0.25) is 0 Å². The first-order valence-corrected chi connectivity index (χ1v) is 40.3. The number of nitrogens with one attached hydrogen (secondary N) is 2. The average molecular weight is 1270 g/mol. The highest BCUT2D eigenvalue weighted by atomic mass is 14.9. The van der Waals surface area contributed by atoms with Gasteiger partial charge in [0, 0.05) is 39.0 Å². The summed E-state index contributed by atoms with van der Waals surface area (Å²) in [5.41, 5.74) is 26.3. The minimum atomic E-state index is -0.0571. The molecule has 0 amide bonds. The first-order chi connectivity index (χ1) is 46.9. The molecule has 10 rings (SSSR count). The van der Waals surface area contributed by atoms with Crippen LogP contribution in [0.1, 0.15) is 345 Å². The third kappa shape index (κ3) is 17.7. The van der Waals surface area contributed by atoms with E-state index in [9.17, 15) is 0 Å². The van der Waals surface area contributed by atoms with Gasteiger partial charge in [-0.05, 0) is 189 Å². The number of anilines is 4. The largest absolute Gasteiger partial charge is 0.356 e. The summed E-state index contributed by atoms with van der Waals surface area (Å²) < 4.78 is 0. The van der Waals surface area contributed by atoms with Gasteiger partial charge < -0.3 is 10.6 Å². The Morgan fingerprint density at radius 2 is 0.432 bits per heavy atom. The Kier molecular flexibility index (Phi) is 28.2. The highest BCUT2D eigenvalue weighted by Gasteiger charge is 2.49. The number of para-hydroxylation sites is 2. The summed E-state index contributed by atoms with van der Waals surface area (Å²) in [6, 6.07) is 58.5. The molecule has 0 heterocycles. The number of fused-ring (bicyclic) bond motifs is 9. The lowest BCUT2D eigenvalue weighted by Crippen LogP contribution is -2.27. The summed E-state index contributed by atoms with van der Waals surface area (Å²) in [6.07, 6.45) is 55.0. The standard InChI is InChI=1S/C93H128N2/c1-7-13-19-25-31-43-61-91(62-44-32-26-20-14-8-2)85-67-73(53-57-79(85)80-59-55-77(69-87(80)91)94-75-49-39-37-40-50-75)74-54-58-81-83-71-90-84(72-89(83)92(86(81)68-74,63-45-33-27-21-15-9-3)64-46-34-28-22-16-10-4)82-60-56-78(95-76-51-41-38-42-52-76)70-88(82)93(90,65-47-35-29-23-17-11-5)66-48-36-30-24-18-12-6/h37-42,49-60,67-72,94-95H,7-36,43-48,61-66H2,1-6H3. The fourth-order valence-electron chi connectivity index (χ4n) is 18.1.